The summed E-state index contributed by atoms with van der Waals surface area (Å²) in [6.45, 7) is 9.64. The maximum Gasteiger partial charge on any atom is 0.274 e. The van der Waals surface area contributed by atoms with E-state index in [0.717, 1.165) is 23.9 Å². The van der Waals surface area contributed by atoms with E-state index in [9.17, 15) is 4.79 Å². The largest absolute Gasteiger partial charge is 0.442 e. The van der Waals surface area contributed by atoms with Gasteiger partial charge in [0.25, 0.3) is 5.91 Å². The van der Waals surface area contributed by atoms with E-state index in [1.165, 1.54) is 19.2 Å². The summed E-state index contributed by atoms with van der Waals surface area (Å²) in [7, 11) is 0. The van der Waals surface area contributed by atoms with Crippen molar-refractivity contribution in [2.24, 2.45) is 11.8 Å². The van der Waals surface area contributed by atoms with Crippen LogP contribution in [0, 0.1) is 11.8 Å². The third-order valence-electron chi connectivity index (χ3n) is 5.06. The average Bonchev–Trinajstić information content (AvgIpc) is 3.27. The van der Waals surface area contributed by atoms with Crippen molar-refractivity contribution in [2.45, 2.75) is 39.7 Å². The number of carbonyl (C=O) groups is 1. The normalized spacial score (nSPS) is 17.8. The Morgan fingerprint density at radius 1 is 1.44 bits per heavy atom. The molecule has 0 aromatic carbocycles. The number of piperidine rings is 1. The van der Waals surface area contributed by atoms with Crippen LogP contribution in [0.15, 0.2) is 28.3 Å². The summed E-state index contributed by atoms with van der Waals surface area (Å²) in [6.07, 6.45) is 3.82. The monoisotopic (exact) mass is 361 g/mol. The standard InChI is InChI=1S/C19H27N3O2S/c1-13(2)15(22-8-6-14(3)7-9-22)11-20-19(23)17-18(24-12-21-17)16-5-4-10-25-16/h4-5,10,12-15H,6-9,11H2,1-3H3,(H,20,23)/t15-/m0/s1. The number of nitrogens with zero attached hydrogens (tertiary/aromatic N) is 2. The van der Waals surface area contributed by atoms with Crippen LogP contribution in [0.2, 0.25) is 0 Å². The Bertz CT molecular complexity index is 673. The number of aromatic nitrogens is 1. The van der Waals surface area contributed by atoms with E-state index in [0.29, 0.717) is 30.0 Å². The molecule has 25 heavy (non-hydrogen) atoms. The Labute approximate surface area is 153 Å². The van der Waals surface area contributed by atoms with Gasteiger partial charge in [-0.1, -0.05) is 26.8 Å². The fourth-order valence-corrected chi connectivity index (χ4v) is 4.13. The van der Waals surface area contributed by atoms with Gasteiger partial charge in [0.2, 0.25) is 0 Å². The molecule has 0 spiro atoms. The molecule has 1 N–H and O–H groups in total. The Morgan fingerprint density at radius 2 is 2.20 bits per heavy atom. The smallest absolute Gasteiger partial charge is 0.274 e. The number of hydrogen-bond acceptors (Lipinski definition) is 5. The van der Waals surface area contributed by atoms with Gasteiger partial charge in [-0.05, 0) is 49.2 Å². The highest BCUT2D eigenvalue weighted by molar-refractivity contribution is 7.13. The molecule has 0 radical (unpaired) electrons. The van der Waals surface area contributed by atoms with Crippen molar-refractivity contribution in [2.75, 3.05) is 19.6 Å². The molecule has 0 aliphatic carbocycles. The van der Waals surface area contributed by atoms with Crippen LogP contribution in [0.3, 0.4) is 0 Å². The zero-order valence-electron chi connectivity index (χ0n) is 15.2. The molecule has 136 valence electrons. The molecule has 1 amide bonds. The maximum atomic E-state index is 12.6. The first-order valence-electron chi connectivity index (χ1n) is 9.06. The summed E-state index contributed by atoms with van der Waals surface area (Å²) in [5.74, 6) is 1.69. The van der Waals surface area contributed by atoms with Crippen molar-refractivity contribution >= 4 is 17.2 Å². The van der Waals surface area contributed by atoms with Crippen LogP contribution < -0.4 is 5.32 Å². The number of carbonyl (C=O) groups excluding carboxylic acids is 1. The fourth-order valence-electron chi connectivity index (χ4n) is 3.42. The quantitative estimate of drug-likeness (QED) is 0.848. The number of amides is 1. The summed E-state index contributed by atoms with van der Waals surface area (Å²) >= 11 is 1.54. The number of rotatable bonds is 6. The lowest BCUT2D eigenvalue weighted by Crippen LogP contribution is -2.49. The van der Waals surface area contributed by atoms with Crippen LogP contribution in [0.25, 0.3) is 10.6 Å². The molecule has 2 aromatic heterocycles. The first-order valence-corrected chi connectivity index (χ1v) is 9.93. The van der Waals surface area contributed by atoms with E-state index < -0.39 is 0 Å². The molecule has 6 heteroatoms. The lowest BCUT2D eigenvalue weighted by molar-refractivity contribution is 0.0859. The highest BCUT2D eigenvalue weighted by atomic mass is 32.1. The number of hydrogen-bond donors (Lipinski definition) is 1. The minimum Gasteiger partial charge on any atom is -0.442 e. The van der Waals surface area contributed by atoms with Gasteiger partial charge in [0.15, 0.2) is 17.8 Å². The van der Waals surface area contributed by atoms with Crippen LogP contribution in [0.1, 0.15) is 44.1 Å². The lowest BCUT2D eigenvalue weighted by Gasteiger charge is -2.38. The van der Waals surface area contributed by atoms with E-state index in [-0.39, 0.29) is 5.91 Å². The molecular formula is C19H27N3O2S. The topological polar surface area (TPSA) is 58.4 Å². The van der Waals surface area contributed by atoms with Gasteiger partial charge in [0.1, 0.15) is 0 Å². The molecular weight excluding hydrogens is 334 g/mol. The Kier molecular flexibility index (Phi) is 5.91. The SMILES string of the molecule is CC1CCN([C@@H](CNC(=O)c2ncoc2-c2cccs2)C(C)C)CC1. The molecule has 0 unspecified atom stereocenters. The van der Waals surface area contributed by atoms with Crippen molar-refractivity contribution < 1.29 is 9.21 Å². The minimum absolute atomic E-state index is 0.159. The average molecular weight is 362 g/mol. The number of oxazole rings is 1. The van der Waals surface area contributed by atoms with E-state index >= 15 is 0 Å². The first kappa shape index (κ1) is 18.1. The summed E-state index contributed by atoms with van der Waals surface area (Å²) in [5.41, 5.74) is 0.372. The van der Waals surface area contributed by atoms with Crippen molar-refractivity contribution in [3.63, 3.8) is 0 Å². The molecule has 5 nitrogen and oxygen atoms in total. The molecule has 0 bridgehead atoms. The molecule has 0 saturated carbocycles. The van der Waals surface area contributed by atoms with Crippen LogP contribution in [-0.2, 0) is 0 Å². The number of thiophene rings is 1. The molecule has 1 aliphatic rings. The van der Waals surface area contributed by atoms with Crippen molar-refractivity contribution in [1.29, 1.82) is 0 Å². The molecule has 1 aliphatic heterocycles. The molecule has 3 heterocycles. The molecule has 1 atom stereocenters. The van der Waals surface area contributed by atoms with Gasteiger partial charge < -0.3 is 9.73 Å². The zero-order chi connectivity index (χ0) is 17.8. The van der Waals surface area contributed by atoms with Crippen LogP contribution in [-0.4, -0.2) is 41.5 Å². The van der Waals surface area contributed by atoms with Crippen LogP contribution in [0.4, 0.5) is 0 Å². The van der Waals surface area contributed by atoms with E-state index in [2.05, 4.69) is 36.0 Å². The second-order valence-electron chi connectivity index (χ2n) is 7.25. The lowest BCUT2D eigenvalue weighted by atomic mass is 9.94. The summed E-state index contributed by atoms with van der Waals surface area (Å²) in [6, 6.07) is 4.23. The van der Waals surface area contributed by atoms with Gasteiger partial charge in [0.05, 0.1) is 4.88 Å². The second-order valence-corrected chi connectivity index (χ2v) is 8.19. The van der Waals surface area contributed by atoms with E-state index in [1.807, 2.05) is 17.5 Å². The predicted octanol–water partition coefficient (Wildman–Crippen LogP) is 3.89. The van der Waals surface area contributed by atoms with E-state index in [4.69, 9.17) is 4.42 Å². The fraction of sp³-hybridized carbons (Fsp3) is 0.579. The third-order valence-corrected chi connectivity index (χ3v) is 5.92. The summed E-state index contributed by atoms with van der Waals surface area (Å²) in [4.78, 5) is 20.2. The Hall–Kier alpha value is -1.66. The third kappa shape index (κ3) is 4.30. The number of nitrogens with one attached hydrogen (secondary N) is 1. The van der Waals surface area contributed by atoms with Gasteiger partial charge in [-0.2, -0.15) is 0 Å². The first-order chi connectivity index (χ1) is 12.1. The minimum atomic E-state index is -0.159. The highest BCUT2D eigenvalue weighted by Gasteiger charge is 2.27. The zero-order valence-corrected chi connectivity index (χ0v) is 16.0. The number of likely N-dealkylation sites (tertiary alicyclic amines) is 1. The van der Waals surface area contributed by atoms with Gasteiger partial charge >= 0.3 is 0 Å². The van der Waals surface area contributed by atoms with Gasteiger partial charge in [-0.15, -0.1) is 11.3 Å². The summed E-state index contributed by atoms with van der Waals surface area (Å²) in [5, 5.41) is 5.04. The molecule has 2 aromatic rings. The highest BCUT2D eigenvalue weighted by Crippen LogP contribution is 2.27. The van der Waals surface area contributed by atoms with Gasteiger partial charge in [0, 0.05) is 12.6 Å². The van der Waals surface area contributed by atoms with E-state index in [1.54, 1.807) is 11.3 Å². The van der Waals surface area contributed by atoms with Crippen LogP contribution >= 0.6 is 11.3 Å². The Morgan fingerprint density at radius 3 is 2.84 bits per heavy atom. The van der Waals surface area contributed by atoms with Gasteiger partial charge in [-0.3, -0.25) is 9.69 Å². The van der Waals surface area contributed by atoms with Crippen molar-refractivity contribution in [3.8, 4) is 10.6 Å². The maximum absolute atomic E-state index is 12.6. The molecule has 3 rings (SSSR count). The molecule has 1 fully saturated rings. The van der Waals surface area contributed by atoms with Crippen molar-refractivity contribution in [3.05, 3.63) is 29.6 Å². The molecule has 1 saturated heterocycles. The van der Waals surface area contributed by atoms with Gasteiger partial charge in [-0.25, -0.2) is 4.98 Å². The second kappa shape index (κ2) is 8.15. The Balaban J connectivity index is 1.64. The van der Waals surface area contributed by atoms with Crippen LogP contribution in [0.5, 0.6) is 0 Å². The van der Waals surface area contributed by atoms with Crippen molar-refractivity contribution in [1.82, 2.24) is 15.2 Å². The summed E-state index contributed by atoms with van der Waals surface area (Å²) < 4.78 is 5.44. The predicted molar refractivity (Wildman–Crippen MR) is 101 cm³/mol.